The molecule has 13 nitrogen and oxygen atoms in total. The third-order valence-corrected chi connectivity index (χ3v) is 11.2. The number of epoxide rings is 1. The van der Waals surface area contributed by atoms with E-state index >= 15 is 0 Å². The van der Waals surface area contributed by atoms with Crippen molar-refractivity contribution in [3.05, 3.63) is 12.2 Å². The average molecular weight is 710 g/mol. The molecule has 0 aromatic heterocycles. The van der Waals surface area contributed by atoms with E-state index in [2.05, 4.69) is 0 Å². The summed E-state index contributed by atoms with van der Waals surface area (Å²) in [5, 5.41) is 23.2. The number of cyclic esters (lactones) is 1. The van der Waals surface area contributed by atoms with Gasteiger partial charge >= 0.3 is 5.97 Å². The van der Waals surface area contributed by atoms with Crippen LogP contribution in [-0.2, 0) is 47.6 Å². The fourth-order valence-corrected chi connectivity index (χ4v) is 7.85. The number of aldehydes is 1. The van der Waals surface area contributed by atoms with E-state index in [0.29, 0.717) is 6.42 Å². The predicted molar refractivity (Wildman–Crippen MR) is 181 cm³/mol. The Morgan fingerprint density at radius 1 is 1.02 bits per heavy atom. The number of esters is 1. The van der Waals surface area contributed by atoms with Crippen LogP contribution in [0.4, 0.5) is 0 Å². The zero-order valence-corrected chi connectivity index (χ0v) is 31.1. The molecule has 2 N–H and O–H groups in total. The van der Waals surface area contributed by atoms with Crippen LogP contribution in [0.1, 0.15) is 80.6 Å². The minimum absolute atomic E-state index is 0.00117. The summed E-state index contributed by atoms with van der Waals surface area (Å²) in [6.45, 7) is 13.0. The Morgan fingerprint density at radius 2 is 1.72 bits per heavy atom. The van der Waals surface area contributed by atoms with Gasteiger partial charge in [-0.1, -0.05) is 27.7 Å². The Hall–Kier alpha value is -2.10. The number of carbonyl (C=O) groups is 4. The van der Waals surface area contributed by atoms with Crippen LogP contribution in [0.25, 0.3) is 0 Å². The first-order valence-corrected chi connectivity index (χ1v) is 18.2. The predicted octanol–water partition coefficient (Wildman–Crippen LogP) is 2.41. The van der Waals surface area contributed by atoms with Crippen molar-refractivity contribution < 1.29 is 57.8 Å². The van der Waals surface area contributed by atoms with Gasteiger partial charge in [0, 0.05) is 30.6 Å². The maximum Gasteiger partial charge on any atom is 0.308 e. The number of allylic oxidation sites excluding steroid dienone is 1. The minimum Gasteiger partial charge on any atom is -0.462 e. The zero-order chi connectivity index (χ0) is 37.1. The summed E-state index contributed by atoms with van der Waals surface area (Å²) in [6, 6.07) is -0.627. The first-order valence-electron chi connectivity index (χ1n) is 18.2. The van der Waals surface area contributed by atoms with Crippen molar-refractivity contribution in [3.8, 4) is 0 Å². The first-order chi connectivity index (χ1) is 23.5. The van der Waals surface area contributed by atoms with Crippen LogP contribution in [0.3, 0.4) is 0 Å². The average Bonchev–Trinajstić information content (AvgIpc) is 3.74. The third kappa shape index (κ3) is 9.46. The number of aliphatic hydroxyl groups excluding tert-OH is 2. The van der Waals surface area contributed by atoms with Gasteiger partial charge in [-0.2, -0.15) is 0 Å². The summed E-state index contributed by atoms with van der Waals surface area (Å²) in [6.07, 6.45) is -2.92. The van der Waals surface area contributed by atoms with Gasteiger partial charge in [0.1, 0.15) is 36.3 Å². The van der Waals surface area contributed by atoms with Crippen molar-refractivity contribution in [2.75, 3.05) is 20.7 Å². The summed E-state index contributed by atoms with van der Waals surface area (Å²) >= 11 is 0. The van der Waals surface area contributed by atoms with Crippen LogP contribution >= 0.6 is 0 Å². The molecule has 0 aliphatic carbocycles. The number of aliphatic hydroxyl groups is 2. The Morgan fingerprint density at radius 3 is 2.34 bits per heavy atom. The van der Waals surface area contributed by atoms with Gasteiger partial charge in [-0.25, -0.2) is 0 Å². The Balaban J connectivity index is 1.61. The number of ketones is 2. The Bertz CT molecular complexity index is 1230. The van der Waals surface area contributed by atoms with Crippen LogP contribution in [-0.4, -0.2) is 133 Å². The molecule has 3 saturated heterocycles. The second kappa shape index (κ2) is 17.2. The molecule has 0 amide bonds. The van der Waals surface area contributed by atoms with Crippen LogP contribution in [0, 0.1) is 23.7 Å². The number of hydrogen-bond donors (Lipinski definition) is 2. The molecule has 6 unspecified atom stereocenters. The highest BCUT2D eigenvalue weighted by atomic mass is 16.7. The van der Waals surface area contributed by atoms with Crippen molar-refractivity contribution in [2.45, 2.75) is 153 Å². The topological polar surface area (TPSA) is 171 Å². The summed E-state index contributed by atoms with van der Waals surface area (Å²) in [5.41, 5.74) is -0.679. The molecular formula is C37H59NO12. The molecule has 0 radical (unpaired) electrons. The molecule has 13 heteroatoms. The number of carbonyl (C=O) groups excluding carboxylic acids is 4. The molecular weight excluding hydrogens is 650 g/mol. The summed E-state index contributed by atoms with van der Waals surface area (Å²) < 4.78 is 36.6. The quantitative estimate of drug-likeness (QED) is 0.214. The Kier molecular flexibility index (Phi) is 14.0. The third-order valence-electron chi connectivity index (χ3n) is 11.2. The number of likely N-dealkylation sites (N-methyl/N-ethyl adjacent to an activating group) is 1. The molecule has 3 fully saturated rings. The lowest BCUT2D eigenvalue weighted by Gasteiger charge is -2.49. The lowest BCUT2D eigenvalue weighted by molar-refractivity contribution is -0.314. The maximum atomic E-state index is 13.4. The van der Waals surface area contributed by atoms with Crippen molar-refractivity contribution >= 4 is 23.8 Å². The van der Waals surface area contributed by atoms with Gasteiger partial charge in [0.05, 0.1) is 49.6 Å². The molecule has 4 aliphatic heterocycles. The van der Waals surface area contributed by atoms with Crippen LogP contribution < -0.4 is 0 Å². The van der Waals surface area contributed by atoms with Crippen LogP contribution in [0.15, 0.2) is 12.2 Å². The number of fused-ring (bicyclic) bond motifs is 1. The van der Waals surface area contributed by atoms with Gasteiger partial charge < -0.3 is 48.3 Å². The SMILES string of the molecule is CC[C@H]1OC(=O)C[C@@H](O)[C@@H](C)[C@H](OC2OC(C)C(OC3CO[C@@H](C)C(=O)C3)C(N(C)C)C2O)[C@H](CC=O)C[C@@H](C)C(=O)/C=C/[C@@]2(C)O[C@@H]2[C@H]1C. The van der Waals surface area contributed by atoms with Crippen molar-refractivity contribution in [3.63, 3.8) is 0 Å². The minimum atomic E-state index is -1.25. The van der Waals surface area contributed by atoms with E-state index in [1.165, 1.54) is 6.08 Å². The second-order valence-corrected chi connectivity index (χ2v) is 15.3. The first kappa shape index (κ1) is 40.7. The van der Waals surface area contributed by atoms with Gasteiger partial charge in [0.2, 0.25) is 0 Å². The summed E-state index contributed by atoms with van der Waals surface area (Å²) in [7, 11) is 3.59. The standard InChI is InChI=1S/C37H59NO12/c1-10-29-21(4)35-37(7,50-35)13-11-26(40)19(2)15-24(12-14-39)33(20(3)27(41)17-30(43)48-29)49-36-32(44)31(38(8)9)34(23(6)46-36)47-25-16-28(42)22(5)45-18-25/h11,13-14,19-25,27,29,31-36,41,44H,10,12,15-18H2,1-9H3/b13-11+/t19-,20-,21+,22+,23?,24-,25?,27-,29-,31?,32?,33+,34?,35-,36?,37-/m1/s1. The highest BCUT2D eigenvalue weighted by Crippen LogP contribution is 2.45. The molecule has 0 saturated carbocycles. The highest BCUT2D eigenvalue weighted by molar-refractivity contribution is 5.91. The largest absolute Gasteiger partial charge is 0.462 e. The van der Waals surface area contributed by atoms with Crippen molar-refractivity contribution in [2.24, 2.45) is 23.7 Å². The number of ether oxygens (including phenoxy) is 6. The van der Waals surface area contributed by atoms with E-state index in [9.17, 15) is 29.4 Å². The molecule has 4 aliphatic rings. The van der Waals surface area contributed by atoms with E-state index < -0.39 is 90.5 Å². The van der Waals surface area contributed by atoms with Gasteiger partial charge in [0.15, 0.2) is 17.9 Å². The monoisotopic (exact) mass is 709 g/mol. The molecule has 4 rings (SSSR count). The fourth-order valence-electron chi connectivity index (χ4n) is 7.85. The lowest BCUT2D eigenvalue weighted by atomic mass is 9.79. The molecule has 50 heavy (non-hydrogen) atoms. The van der Waals surface area contributed by atoms with Crippen molar-refractivity contribution in [1.82, 2.24) is 4.90 Å². The lowest BCUT2D eigenvalue weighted by Crippen LogP contribution is -2.64. The van der Waals surface area contributed by atoms with Crippen LogP contribution in [0.2, 0.25) is 0 Å². The maximum absolute atomic E-state index is 13.4. The number of nitrogens with zero attached hydrogens (tertiary/aromatic N) is 1. The van der Waals surface area contributed by atoms with Crippen LogP contribution in [0.5, 0.6) is 0 Å². The van der Waals surface area contributed by atoms with E-state index in [1.807, 2.05) is 25.7 Å². The smallest absolute Gasteiger partial charge is 0.308 e. The number of Topliss-reactive ketones (excluding diaryl/α,β-unsaturated/α-hetero) is 1. The normalized spacial score (nSPS) is 45.8. The molecule has 16 atom stereocenters. The summed E-state index contributed by atoms with van der Waals surface area (Å²) in [5.74, 6) is -2.76. The van der Waals surface area contributed by atoms with E-state index in [0.717, 1.165) is 6.29 Å². The number of rotatable bonds is 8. The van der Waals surface area contributed by atoms with Crippen molar-refractivity contribution in [1.29, 1.82) is 0 Å². The molecule has 0 spiro atoms. The zero-order valence-electron chi connectivity index (χ0n) is 31.1. The highest BCUT2D eigenvalue weighted by Gasteiger charge is 2.55. The molecule has 284 valence electrons. The van der Waals surface area contributed by atoms with Gasteiger partial charge in [-0.05, 0) is 65.8 Å². The summed E-state index contributed by atoms with van der Waals surface area (Å²) in [4.78, 5) is 52.8. The second-order valence-electron chi connectivity index (χ2n) is 15.3. The van der Waals surface area contributed by atoms with E-state index in [1.54, 1.807) is 47.9 Å². The fraction of sp³-hybridized carbons (Fsp3) is 0.838. The van der Waals surface area contributed by atoms with Gasteiger partial charge in [-0.15, -0.1) is 0 Å². The molecule has 4 heterocycles. The van der Waals surface area contributed by atoms with Gasteiger partial charge in [0.25, 0.3) is 0 Å². The molecule has 0 aromatic carbocycles. The van der Waals surface area contributed by atoms with E-state index in [4.69, 9.17) is 28.4 Å². The van der Waals surface area contributed by atoms with Gasteiger partial charge in [-0.3, -0.25) is 14.4 Å². The Labute approximate surface area is 296 Å². The molecule has 0 bridgehead atoms. The van der Waals surface area contributed by atoms with E-state index in [-0.39, 0.29) is 55.9 Å². The molecule has 0 aromatic rings. The number of hydrogen-bond acceptors (Lipinski definition) is 13.